The number of hydrogen-bond acceptors (Lipinski definition) is 3. The van der Waals surface area contributed by atoms with Gasteiger partial charge in [-0.15, -0.1) is 0 Å². The summed E-state index contributed by atoms with van der Waals surface area (Å²) in [5, 5.41) is 9.57. The van der Waals surface area contributed by atoms with Crippen LogP contribution in [0.3, 0.4) is 0 Å². The van der Waals surface area contributed by atoms with Gasteiger partial charge in [0.05, 0.1) is 0 Å². The second kappa shape index (κ2) is 7.69. The molecule has 24 heavy (non-hydrogen) atoms. The second-order valence-corrected chi connectivity index (χ2v) is 7.38. The minimum atomic E-state index is -0.942. The van der Waals surface area contributed by atoms with Crippen LogP contribution in [0.15, 0.2) is 30.3 Å². The molecule has 0 bridgehead atoms. The van der Waals surface area contributed by atoms with Crippen molar-refractivity contribution in [1.29, 1.82) is 0 Å². The van der Waals surface area contributed by atoms with Crippen molar-refractivity contribution in [2.24, 2.45) is 5.92 Å². The van der Waals surface area contributed by atoms with Crippen LogP contribution in [0, 0.1) is 5.92 Å². The van der Waals surface area contributed by atoms with Gasteiger partial charge < -0.3 is 9.84 Å². The molecule has 1 aliphatic rings. The maximum Gasteiger partial charge on any atom is 0.411 e. The van der Waals surface area contributed by atoms with E-state index < -0.39 is 23.7 Å². The number of nitrogens with zero attached hydrogens (tertiary/aromatic N) is 1. The highest BCUT2D eigenvalue weighted by Gasteiger charge is 2.43. The predicted molar refractivity (Wildman–Crippen MR) is 91.9 cm³/mol. The van der Waals surface area contributed by atoms with Crippen LogP contribution in [0.1, 0.15) is 45.6 Å². The summed E-state index contributed by atoms with van der Waals surface area (Å²) >= 11 is 0. The Bertz CT molecular complexity index is 564. The maximum absolute atomic E-state index is 12.3. The molecule has 1 amide bonds. The molecule has 1 saturated heterocycles. The van der Waals surface area contributed by atoms with Gasteiger partial charge in [-0.1, -0.05) is 30.3 Å². The Labute approximate surface area is 143 Å². The molecule has 0 unspecified atom stereocenters. The number of carboxylic acid groups (broad SMARTS) is 1. The lowest BCUT2D eigenvalue weighted by molar-refractivity contribution is -0.143. The molecule has 2 rings (SSSR count). The van der Waals surface area contributed by atoms with Crippen LogP contribution in [0.25, 0.3) is 0 Å². The molecular formula is C19H27NO4. The van der Waals surface area contributed by atoms with Gasteiger partial charge in [-0.3, -0.25) is 4.90 Å². The van der Waals surface area contributed by atoms with Gasteiger partial charge in [-0.2, -0.15) is 0 Å². The summed E-state index contributed by atoms with van der Waals surface area (Å²) in [4.78, 5) is 25.3. The van der Waals surface area contributed by atoms with E-state index in [2.05, 4.69) is 12.1 Å². The standard InChI is InChI=1S/C19H27NO4/c1-19(2,3)24-18(23)20-13-12-15(16(20)17(21)22)11-7-10-14-8-5-4-6-9-14/h4-6,8-9,15-16H,7,10-13H2,1-3H3,(H,21,22)/t15-,16-/m0/s1. The number of benzene rings is 1. The minimum absolute atomic E-state index is 0.0151. The quantitative estimate of drug-likeness (QED) is 0.892. The van der Waals surface area contributed by atoms with Crippen molar-refractivity contribution in [2.75, 3.05) is 6.54 Å². The zero-order chi connectivity index (χ0) is 17.7. The van der Waals surface area contributed by atoms with Crippen LogP contribution in [-0.2, 0) is 16.0 Å². The molecule has 1 N–H and O–H groups in total. The largest absolute Gasteiger partial charge is 0.480 e. The molecule has 0 aromatic heterocycles. The maximum atomic E-state index is 12.3. The predicted octanol–water partition coefficient (Wildman–Crippen LogP) is 3.72. The van der Waals surface area contributed by atoms with Crippen molar-refractivity contribution in [1.82, 2.24) is 4.90 Å². The number of carbonyl (C=O) groups is 2. The molecular weight excluding hydrogens is 306 g/mol. The van der Waals surface area contributed by atoms with Crippen molar-refractivity contribution < 1.29 is 19.4 Å². The first-order valence-electron chi connectivity index (χ1n) is 8.54. The van der Waals surface area contributed by atoms with Crippen molar-refractivity contribution >= 4 is 12.1 Å². The number of amides is 1. The summed E-state index contributed by atoms with van der Waals surface area (Å²) in [6.07, 6.45) is 2.83. The molecule has 132 valence electrons. The fourth-order valence-corrected chi connectivity index (χ4v) is 3.23. The van der Waals surface area contributed by atoms with E-state index in [1.54, 1.807) is 20.8 Å². The molecule has 1 heterocycles. The Balaban J connectivity index is 1.93. The first-order valence-corrected chi connectivity index (χ1v) is 8.54. The van der Waals surface area contributed by atoms with Crippen molar-refractivity contribution in [3.8, 4) is 0 Å². The third kappa shape index (κ3) is 4.98. The van der Waals surface area contributed by atoms with Crippen LogP contribution in [0.2, 0.25) is 0 Å². The van der Waals surface area contributed by atoms with Crippen LogP contribution in [0.4, 0.5) is 4.79 Å². The Kier molecular flexibility index (Phi) is 5.86. The van der Waals surface area contributed by atoms with E-state index >= 15 is 0 Å². The van der Waals surface area contributed by atoms with Crippen molar-refractivity contribution in [2.45, 2.75) is 58.1 Å². The topological polar surface area (TPSA) is 66.8 Å². The monoisotopic (exact) mass is 333 g/mol. The van der Waals surface area contributed by atoms with Gasteiger partial charge in [-0.25, -0.2) is 9.59 Å². The van der Waals surface area contributed by atoms with Gasteiger partial charge in [0.2, 0.25) is 0 Å². The van der Waals surface area contributed by atoms with Crippen LogP contribution >= 0.6 is 0 Å². The van der Waals surface area contributed by atoms with E-state index in [-0.39, 0.29) is 5.92 Å². The summed E-state index contributed by atoms with van der Waals surface area (Å²) in [6.45, 7) is 5.80. The zero-order valence-corrected chi connectivity index (χ0v) is 14.7. The number of likely N-dealkylation sites (tertiary alicyclic amines) is 1. The summed E-state index contributed by atoms with van der Waals surface area (Å²) in [5.74, 6) is -0.957. The smallest absolute Gasteiger partial charge is 0.411 e. The van der Waals surface area contributed by atoms with Gasteiger partial charge in [-0.05, 0) is 57.9 Å². The van der Waals surface area contributed by atoms with Crippen LogP contribution < -0.4 is 0 Å². The lowest BCUT2D eigenvalue weighted by atomic mass is 9.93. The minimum Gasteiger partial charge on any atom is -0.480 e. The molecule has 1 aromatic rings. The van der Waals surface area contributed by atoms with Crippen molar-refractivity contribution in [3.63, 3.8) is 0 Å². The number of hydrogen-bond donors (Lipinski definition) is 1. The van der Waals surface area contributed by atoms with E-state index in [9.17, 15) is 14.7 Å². The first kappa shape index (κ1) is 18.3. The Morgan fingerprint density at radius 3 is 2.50 bits per heavy atom. The Hall–Kier alpha value is -2.04. The van der Waals surface area contributed by atoms with Gasteiger partial charge >= 0.3 is 12.1 Å². The first-order chi connectivity index (χ1) is 11.3. The van der Waals surface area contributed by atoms with Crippen LogP contribution in [-0.4, -0.2) is 40.3 Å². The van der Waals surface area contributed by atoms with Gasteiger partial charge in [0.15, 0.2) is 0 Å². The normalized spacial score (nSPS) is 20.9. The lowest BCUT2D eigenvalue weighted by Gasteiger charge is -2.28. The number of carbonyl (C=O) groups excluding carboxylic acids is 1. The fraction of sp³-hybridized carbons (Fsp3) is 0.579. The van der Waals surface area contributed by atoms with E-state index in [1.165, 1.54) is 10.5 Å². The number of carboxylic acids is 1. The van der Waals surface area contributed by atoms with Gasteiger partial charge in [0.1, 0.15) is 11.6 Å². The molecule has 1 aliphatic heterocycles. The summed E-state index contributed by atoms with van der Waals surface area (Å²) in [5.41, 5.74) is 0.636. The Morgan fingerprint density at radius 1 is 1.25 bits per heavy atom. The van der Waals surface area contributed by atoms with E-state index in [0.717, 1.165) is 19.3 Å². The summed E-state index contributed by atoms with van der Waals surface area (Å²) in [6, 6.07) is 9.38. The number of aliphatic carboxylic acids is 1. The van der Waals surface area contributed by atoms with E-state index in [1.807, 2.05) is 18.2 Å². The average molecular weight is 333 g/mol. The third-order valence-electron chi connectivity index (χ3n) is 4.29. The molecule has 0 aliphatic carbocycles. The second-order valence-electron chi connectivity index (χ2n) is 7.38. The van der Waals surface area contributed by atoms with Crippen LogP contribution in [0.5, 0.6) is 0 Å². The molecule has 2 atom stereocenters. The highest BCUT2D eigenvalue weighted by Crippen LogP contribution is 2.30. The number of aryl methyl sites for hydroxylation is 1. The van der Waals surface area contributed by atoms with Gasteiger partial charge in [0.25, 0.3) is 0 Å². The van der Waals surface area contributed by atoms with E-state index in [4.69, 9.17) is 4.74 Å². The van der Waals surface area contributed by atoms with E-state index in [0.29, 0.717) is 13.0 Å². The third-order valence-corrected chi connectivity index (χ3v) is 4.29. The lowest BCUT2D eigenvalue weighted by Crippen LogP contribution is -2.45. The average Bonchev–Trinajstić information content (AvgIpc) is 2.91. The molecule has 0 saturated carbocycles. The zero-order valence-electron chi connectivity index (χ0n) is 14.7. The number of ether oxygens (including phenoxy) is 1. The molecule has 1 fully saturated rings. The fourth-order valence-electron chi connectivity index (χ4n) is 3.23. The molecule has 5 heteroatoms. The molecule has 1 aromatic carbocycles. The molecule has 0 spiro atoms. The SMILES string of the molecule is CC(C)(C)OC(=O)N1CC[C@H](CCCc2ccccc2)[C@H]1C(=O)O. The summed E-state index contributed by atoms with van der Waals surface area (Å²) < 4.78 is 5.35. The van der Waals surface area contributed by atoms with Gasteiger partial charge in [0, 0.05) is 6.54 Å². The summed E-state index contributed by atoms with van der Waals surface area (Å²) in [7, 11) is 0. The highest BCUT2D eigenvalue weighted by molar-refractivity contribution is 5.81. The highest BCUT2D eigenvalue weighted by atomic mass is 16.6. The molecule has 0 radical (unpaired) electrons. The van der Waals surface area contributed by atoms with Crippen molar-refractivity contribution in [3.05, 3.63) is 35.9 Å². The Morgan fingerprint density at radius 2 is 1.92 bits per heavy atom. The molecule has 5 nitrogen and oxygen atoms in total. The number of rotatable bonds is 5.